The molecule has 4 heteroatoms. The second-order valence-electron chi connectivity index (χ2n) is 4.16. The van der Waals surface area contributed by atoms with Crippen molar-refractivity contribution in [2.24, 2.45) is 0 Å². The maximum atomic E-state index is 12.2. The number of aromatic nitrogens is 2. The van der Waals surface area contributed by atoms with Crippen molar-refractivity contribution in [2.45, 2.75) is 26.8 Å². The molecule has 1 atom stereocenters. The van der Waals surface area contributed by atoms with E-state index in [4.69, 9.17) is 0 Å². The minimum absolute atomic E-state index is 0.522. The van der Waals surface area contributed by atoms with E-state index in [9.17, 15) is 4.79 Å². The summed E-state index contributed by atoms with van der Waals surface area (Å²) in [5.41, 5.74) is 1.03. The fourth-order valence-corrected chi connectivity index (χ4v) is 6.94. The molecular weight excluding hydrogens is 303 g/mol. The maximum absolute atomic E-state index is 12.2. The molecule has 0 saturated heterocycles. The van der Waals surface area contributed by atoms with Gasteiger partial charge in [-0.2, -0.15) is 0 Å². The third kappa shape index (κ3) is 1.96. The predicted octanol–water partition coefficient (Wildman–Crippen LogP) is -1.92. The van der Waals surface area contributed by atoms with Crippen molar-refractivity contribution in [1.29, 1.82) is 0 Å². The number of hydrogen-bond acceptors (Lipinski definition) is 2. The monoisotopic (exact) mass is 321 g/mol. The van der Waals surface area contributed by atoms with Crippen molar-refractivity contribution in [3.8, 4) is 0 Å². The summed E-state index contributed by atoms with van der Waals surface area (Å²) in [7, 11) is 0. The summed E-state index contributed by atoms with van der Waals surface area (Å²) in [6.45, 7) is 5.17. The van der Waals surface area contributed by atoms with Crippen LogP contribution in [-0.4, -0.2) is 27.1 Å². The van der Waals surface area contributed by atoms with Crippen LogP contribution in [-0.2, 0) is 17.8 Å². The fourth-order valence-electron chi connectivity index (χ4n) is 1.88. The summed E-state index contributed by atoms with van der Waals surface area (Å²) >= 11 is -2.09. The topological polar surface area (TPSA) is 34.9 Å². The molecule has 1 aromatic heterocycles. The Morgan fingerprint density at radius 2 is 2.33 bits per heavy atom. The van der Waals surface area contributed by atoms with Crippen LogP contribution in [0.25, 0.3) is 0 Å². The summed E-state index contributed by atoms with van der Waals surface area (Å²) in [5, 5.41) is 0. The van der Waals surface area contributed by atoms with Crippen LogP contribution in [0.1, 0.15) is 18.4 Å². The molecule has 0 aromatic carbocycles. The average molecular weight is 321 g/mol. The number of alkyl halides is 3. The first kappa shape index (κ1) is 11.1. The van der Waals surface area contributed by atoms with Crippen molar-refractivity contribution < 1.29 is 23.2 Å². The molecule has 0 aliphatic carbocycles. The van der Waals surface area contributed by atoms with Crippen LogP contribution < -0.4 is 18.4 Å². The molecule has 1 aliphatic rings. The first-order valence-corrected chi connectivity index (χ1v) is 11.5. The second kappa shape index (κ2) is 3.88. The molecule has 3 nitrogen and oxygen atoms in total. The van der Waals surface area contributed by atoms with Gasteiger partial charge in [-0.05, 0) is 0 Å². The fraction of sp³-hybridized carbons (Fsp3) is 0.636. The van der Waals surface area contributed by atoms with E-state index in [0.29, 0.717) is 10.2 Å². The van der Waals surface area contributed by atoms with Crippen molar-refractivity contribution in [1.82, 2.24) is 9.55 Å². The molecule has 0 spiro atoms. The first-order valence-electron chi connectivity index (χ1n) is 5.25. The molecule has 0 N–H and O–H groups in total. The third-order valence-corrected chi connectivity index (χ3v) is 12.6. The number of imidazole rings is 1. The molecule has 1 aliphatic heterocycles. The number of aryl methyl sites for hydroxylation is 2. The van der Waals surface area contributed by atoms with E-state index in [2.05, 4.69) is 27.6 Å². The number of fused-ring (bicyclic) bond motifs is 1. The Balaban J connectivity index is 2.32. The molecule has 2 rings (SSSR count). The van der Waals surface area contributed by atoms with Crippen molar-refractivity contribution in [3.63, 3.8) is 0 Å². The second-order valence-corrected chi connectivity index (χ2v) is 14.7. The van der Waals surface area contributed by atoms with Gasteiger partial charge in [0.05, 0.1) is 0 Å². The summed E-state index contributed by atoms with van der Waals surface area (Å²) in [6, 6.07) is 0. The zero-order chi connectivity index (χ0) is 11.1. The molecule has 0 saturated carbocycles. The molecule has 0 fully saturated rings. The Morgan fingerprint density at radius 1 is 1.60 bits per heavy atom. The van der Waals surface area contributed by atoms with E-state index in [1.807, 2.05) is 6.92 Å². The first-order chi connectivity index (χ1) is 7.05. The Kier molecular flexibility index (Phi) is 2.87. The number of carbonyl (C=O) groups excluding carboxylic acids is 1. The van der Waals surface area contributed by atoms with Gasteiger partial charge in [-0.25, -0.2) is 0 Å². The molecule has 0 amide bonds. The normalized spacial score (nSPS) is 30.5. The van der Waals surface area contributed by atoms with Gasteiger partial charge in [-0.1, -0.05) is 0 Å². The van der Waals surface area contributed by atoms with Gasteiger partial charge >= 0.3 is 94.9 Å². The SMILES string of the molecule is CC[I-]1(C)CCn2cc(C)nc2CC1=O. The van der Waals surface area contributed by atoms with Crippen LogP contribution in [0, 0.1) is 6.92 Å². The molecule has 86 valence electrons. The van der Waals surface area contributed by atoms with Gasteiger partial charge in [0.25, 0.3) is 0 Å². The van der Waals surface area contributed by atoms with Crippen LogP contribution >= 0.6 is 0 Å². The number of halogens is 1. The summed E-state index contributed by atoms with van der Waals surface area (Å²) in [5.74, 6) is 0.985. The van der Waals surface area contributed by atoms with Crippen LogP contribution in [0.2, 0.25) is 0 Å². The number of carbonyl (C=O) groups is 1. The van der Waals surface area contributed by atoms with Gasteiger partial charge in [-0.3, -0.25) is 0 Å². The molecular formula is C11H18IN2O-. The van der Waals surface area contributed by atoms with Crippen LogP contribution in [0.5, 0.6) is 0 Å². The van der Waals surface area contributed by atoms with Crippen LogP contribution in [0.4, 0.5) is 0 Å². The average Bonchev–Trinajstić information content (AvgIpc) is 2.50. The molecule has 0 radical (unpaired) electrons. The minimum atomic E-state index is -2.09. The Morgan fingerprint density at radius 3 is 3.00 bits per heavy atom. The van der Waals surface area contributed by atoms with E-state index >= 15 is 0 Å². The third-order valence-electron chi connectivity index (χ3n) is 3.12. The predicted molar refractivity (Wildman–Crippen MR) is 57.0 cm³/mol. The molecule has 15 heavy (non-hydrogen) atoms. The van der Waals surface area contributed by atoms with Crippen LogP contribution in [0.15, 0.2) is 6.20 Å². The molecule has 2 heterocycles. The molecule has 1 unspecified atom stereocenters. The van der Waals surface area contributed by atoms with Crippen molar-refractivity contribution in [2.75, 3.05) is 13.8 Å². The number of rotatable bonds is 1. The van der Waals surface area contributed by atoms with Gasteiger partial charge < -0.3 is 0 Å². The van der Waals surface area contributed by atoms with E-state index in [-0.39, 0.29) is 0 Å². The van der Waals surface area contributed by atoms with Gasteiger partial charge in [0.2, 0.25) is 0 Å². The van der Waals surface area contributed by atoms with E-state index in [0.717, 1.165) is 26.9 Å². The molecule has 0 bridgehead atoms. The van der Waals surface area contributed by atoms with Gasteiger partial charge in [0, 0.05) is 0 Å². The van der Waals surface area contributed by atoms with Crippen molar-refractivity contribution in [3.05, 3.63) is 17.7 Å². The Labute approximate surface area is 94.8 Å². The zero-order valence-corrected chi connectivity index (χ0v) is 11.7. The van der Waals surface area contributed by atoms with Gasteiger partial charge in [-0.15, -0.1) is 0 Å². The van der Waals surface area contributed by atoms with Gasteiger partial charge in [0.1, 0.15) is 0 Å². The van der Waals surface area contributed by atoms with E-state index in [1.165, 1.54) is 0 Å². The quantitative estimate of drug-likeness (QED) is 0.344. The Hall–Kier alpha value is -0.390. The Bertz CT molecular complexity index is 399. The number of hydrogen-bond donors (Lipinski definition) is 0. The van der Waals surface area contributed by atoms with E-state index in [1.54, 1.807) is 0 Å². The van der Waals surface area contributed by atoms with Crippen LogP contribution in [0.3, 0.4) is 0 Å². The summed E-state index contributed by atoms with van der Waals surface area (Å²) < 4.78 is 4.92. The molecule has 1 aromatic rings. The summed E-state index contributed by atoms with van der Waals surface area (Å²) in [4.78, 5) is 18.9. The van der Waals surface area contributed by atoms with Gasteiger partial charge in [0.15, 0.2) is 0 Å². The number of nitrogens with zero attached hydrogens (tertiary/aromatic N) is 2. The standard InChI is InChI=1S/C11H18IN2O/c1-4-12(3)5-6-14-8-9(2)13-11(14)7-10(12)15/h8H,4-7H2,1-3H3/q-1. The summed E-state index contributed by atoms with van der Waals surface area (Å²) in [6.07, 6.45) is 2.65. The zero-order valence-electron chi connectivity index (χ0n) is 9.59. The van der Waals surface area contributed by atoms with Crippen molar-refractivity contribution >= 4 is 3.79 Å². The van der Waals surface area contributed by atoms with E-state index < -0.39 is 18.4 Å².